The number of halogens is 2. The number of carboxylic acid groups (broad SMARTS) is 1. The number of aliphatic carboxylic acids is 1. The van der Waals surface area contributed by atoms with E-state index in [1.54, 1.807) is 0 Å². The van der Waals surface area contributed by atoms with Crippen molar-refractivity contribution in [2.75, 3.05) is 13.1 Å². The van der Waals surface area contributed by atoms with E-state index in [0.717, 1.165) is 16.4 Å². The lowest BCUT2D eigenvalue weighted by molar-refractivity contribution is -0.149. The Balaban J connectivity index is 1.48. The molecule has 2 aromatic carbocycles. The molecule has 0 unspecified atom stereocenters. The highest BCUT2D eigenvalue weighted by Gasteiger charge is 2.47. The molecule has 2 saturated heterocycles. The van der Waals surface area contributed by atoms with E-state index in [1.807, 2.05) is 0 Å². The molecule has 14 heteroatoms. The number of hydrogen-bond donors (Lipinski definition) is 3. The minimum absolute atomic E-state index is 0.0214. The van der Waals surface area contributed by atoms with Gasteiger partial charge in [0.05, 0.1) is 15.5 Å². The standard InChI is InChI=1S/C25H25ClFN3O8S/c26-15-9-13(5-6-16(15)27)11-28-12-14-20(10-19(31)22(32)21(14)24(28)34)39(37,38)30-8-2-3-17(30)23(33)29-7-1-4-18(29)25(35)36/h5-6,9-10,17-18,31-32H,1-4,7-8,11-12H2,(H,35,36)/t17-,18-/m0/s1. The van der Waals surface area contributed by atoms with Crippen LogP contribution in [-0.4, -0.2) is 80.8 Å². The van der Waals surface area contributed by atoms with Crippen molar-refractivity contribution in [1.29, 1.82) is 0 Å². The van der Waals surface area contributed by atoms with Gasteiger partial charge in [0.15, 0.2) is 11.5 Å². The maximum Gasteiger partial charge on any atom is 0.326 e. The smallest absolute Gasteiger partial charge is 0.326 e. The van der Waals surface area contributed by atoms with Crippen LogP contribution < -0.4 is 0 Å². The van der Waals surface area contributed by atoms with E-state index in [4.69, 9.17) is 11.6 Å². The lowest BCUT2D eigenvalue weighted by Crippen LogP contribution is -2.50. The van der Waals surface area contributed by atoms with Crippen LogP contribution in [0.25, 0.3) is 0 Å². The van der Waals surface area contributed by atoms with Crippen molar-refractivity contribution in [3.8, 4) is 11.5 Å². The van der Waals surface area contributed by atoms with Gasteiger partial charge in [-0.2, -0.15) is 4.31 Å². The molecular formula is C25H25ClFN3O8S. The maximum atomic E-state index is 13.9. The molecule has 0 saturated carbocycles. The van der Waals surface area contributed by atoms with Gasteiger partial charge in [-0.05, 0) is 43.4 Å². The molecule has 2 aromatic rings. The zero-order valence-corrected chi connectivity index (χ0v) is 22.1. The number of phenols is 2. The van der Waals surface area contributed by atoms with Crippen molar-refractivity contribution < 1.29 is 42.5 Å². The molecule has 2 fully saturated rings. The molecule has 2 amide bonds. The van der Waals surface area contributed by atoms with Crippen LogP contribution in [0.15, 0.2) is 29.2 Å². The maximum absolute atomic E-state index is 13.9. The number of fused-ring (bicyclic) bond motifs is 1. The normalized spacial score (nSPS) is 21.5. The van der Waals surface area contributed by atoms with E-state index in [0.29, 0.717) is 18.4 Å². The molecule has 3 aliphatic heterocycles. The first-order valence-electron chi connectivity index (χ1n) is 12.3. The van der Waals surface area contributed by atoms with E-state index in [2.05, 4.69) is 0 Å². The fourth-order valence-corrected chi connectivity index (χ4v) is 7.67. The highest BCUT2D eigenvalue weighted by atomic mass is 35.5. The summed E-state index contributed by atoms with van der Waals surface area (Å²) in [4.78, 5) is 40.1. The first-order chi connectivity index (χ1) is 18.4. The predicted molar refractivity (Wildman–Crippen MR) is 134 cm³/mol. The number of rotatable bonds is 6. The Kier molecular flexibility index (Phi) is 6.93. The van der Waals surface area contributed by atoms with Crippen molar-refractivity contribution in [3.63, 3.8) is 0 Å². The molecule has 3 N–H and O–H groups in total. The number of carboxylic acids is 1. The number of aromatic hydroxyl groups is 2. The molecule has 0 radical (unpaired) electrons. The lowest BCUT2D eigenvalue weighted by atomic mass is 10.1. The van der Waals surface area contributed by atoms with Crippen LogP contribution in [0.2, 0.25) is 5.02 Å². The van der Waals surface area contributed by atoms with Crippen molar-refractivity contribution in [2.24, 2.45) is 0 Å². The monoisotopic (exact) mass is 581 g/mol. The van der Waals surface area contributed by atoms with Crippen LogP contribution in [0, 0.1) is 5.82 Å². The number of carbonyl (C=O) groups excluding carboxylic acids is 2. The Labute approximate surface area is 228 Å². The zero-order chi connectivity index (χ0) is 28.2. The molecule has 5 rings (SSSR count). The summed E-state index contributed by atoms with van der Waals surface area (Å²) in [6, 6.07) is 2.54. The van der Waals surface area contributed by atoms with E-state index < -0.39 is 62.1 Å². The summed E-state index contributed by atoms with van der Waals surface area (Å²) < 4.78 is 42.4. The van der Waals surface area contributed by atoms with Gasteiger partial charge in [-0.1, -0.05) is 17.7 Å². The zero-order valence-electron chi connectivity index (χ0n) is 20.5. The molecule has 11 nitrogen and oxygen atoms in total. The number of sulfonamides is 1. The van der Waals surface area contributed by atoms with Gasteiger partial charge in [0.2, 0.25) is 15.9 Å². The SMILES string of the molecule is O=C(O)[C@@H]1CCCN1C(=O)[C@@H]1CCCN1S(=O)(=O)c1cc(O)c(O)c2c1CN(Cc1ccc(F)c(Cl)c1)C2=O. The summed E-state index contributed by atoms with van der Waals surface area (Å²) in [5.74, 6) is -4.75. The second kappa shape index (κ2) is 9.96. The van der Waals surface area contributed by atoms with Gasteiger partial charge in [-0.15, -0.1) is 0 Å². The third-order valence-electron chi connectivity index (χ3n) is 7.45. The van der Waals surface area contributed by atoms with E-state index in [1.165, 1.54) is 21.9 Å². The van der Waals surface area contributed by atoms with Crippen molar-refractivity contribution in [3.05, 3.63) is 51.8 Å². The fraction of sp³-hybridized carbons (Fsp3) is 0.400. The number of nitrogens with zero attached hydrogens (tertiary/aromatic N) is 3. The second-order valence-electron chi connectivity index (χ2n) is 9.81. The summed E-state index contributed by atoms with van der Waals surface area (Å²) in [7, 11) is -4.48. The molecule has 39 heavy (non-hydrogen) atoms. The summed E-state index contributed by atoms with van der Waals surface area (Å²) in [6.07, 6.45) is 1.29. The Bertz CT molecular complexity index is 1500. The van der Waals surface area contributed by atoms with Gasteiger partial charge in [0.1, 0.15) is 17.9 Å². The van der Waals surface area contributed by atoms with E-state index in [-0.39, 0.29) is 55.2 Å². The number of phenolic OH excluding ortho intramolecular Hbond substituents is 2. The molecule has 0 aromatic heterocycles. The van der Waals surface area contributed by atoms with Crippen LogP contribution in [-0.2, 0) is 32.7 Å². The van der Waals surface area contributed by atoms with Gasteiger partial charge in [0, 0.05) is 37.8 Å². The van der Waals surface area contributed by atoms with Gasteiger partial charge in [-0.3, -0.25) is 9.59 Å². The van der Waals surface area contributed by atoms with Gasteiger partial charge >= 0.3 is 5.97 Å². The third kappa shape index (κ3) is 4.57. The Hall–Kier alpha value is -3.42. The number of hydrogen-bond acceptors (Lipinski definition) is 7. The molecule has 2 atom stereocenters. The number of amides is 2. The van der Waals surface area contributed by atoms with Gasteiger partial charge in [0.25, 0.3) is 5.91 Å². The quantitative estimate of drug-likeness (QED) is 0.439. The van der Waals surface area contributed by atoms with E-state index >= 15 is 0 Å². The molecule has 3 aliphatic rings. The number of carbonyl (C=O) groups is 3. The summed E-state index contributed by atoms with van der Waals surface area (Å²) >= 11 is 5.84. The summed E-state index contributed by atoms with van der Waals surface area (Å²) in [5.41, 5.74) is 0.0278. The second-order valence-corrected chi connectivity index (χ2v) is 12.1. The molecule has 208 valence electrons. The topological polar surface area (TPSA) is 156 Å². The fourth-order valence-electron chi connectivity index (χ4n) is 5.58. The Morgan fingerprint density at radius 1 is 1.08 bits per heavy atom. The average Bonchev–Trinajstić information content (AvgIpc) is 3.63. The molecule has 0 aliphatic carbocycles. The molecule has 0 bridgehead atoms. The van der Waals surface area contributed by atoms with Gasteiger partial charge < -0.3 is 25.1 Å². The minimum Gasteiger partial charge on any atom is -0.504 e. The van der Waals surface area contributed by atoms with Gasteiger partial charge in [-0.25, -0.2) is 17.6 Å². The van der Waals surface area contributed by atoms with Crippen LogP contribution in [0.3, 0.4) is 0 Å². The Morgan fingerprint density at radius 2 is 1.77 bits per heavy atom. The highest BCUT2D eigenvalue weighted by Crippen LogP contribution is 2.43. The first kappa shape index (κ1) is 27.2. The molecular weight excluding hydrogens is 557 g/mol. The highest BCUT2D eigenvalue weighted by molar-refractivity contribution is 7.89. The number of benzene rings is 2. The average molecular weight is 582 g/mol. The summed E-state index contributed by atoms with van der Waals surface area (Å²) in [6.45, 7) is -0.145. The first-order valence-corrected chi connectivity index (χ1v) is 14.1. The minimum atomic E-state index is -4.48. The van der Waals surface area contributed by atoms with Crippen LogP contribution in [0.4, 0.5) is 4.39 Å². The Morgan fingerprint density at radius 3 is 2.46 bits per heavy atom. The summed E-state index contributed by atoms with van der Waals surface area (Å²) in [5, 5.41) is 30.2. The lowest BCUT2D eigenvalue weighted by Gasteiger charge is -2.30. The molecule has 0 spiro atoms. The van der Waals surface area contributed by atoms with E-state index in [9.17, 15) is 42.5 Å². The van der Waals surface area contributed by atoms with Crippen molar-refractivity contribution in [1.82, 2.24) is 14.1 Å². The number of likely N-dealkylation sites (tertiary alicyclic amines) is 1. The van der Waals surface area contributed by atoms with Crippen molar-refractivity contribution >= 4 is 39.4 Å². The van der Waals surface area contributed by atoms with Crippen LogP contribution >= 0.6 is 11.6 Å². The van der Waals surface area contributed by atoms with Crippen molar-refractivity contribution in [2.45, 2.75) is 55.8 Å². The predicted octanol–water partition coefficient (Wildman–Crippen LogP) is 2.27. The third-order valence-corrected chi connectivity index (χ3v) is 9.71. The molecule has 3 heterocycles. The van der Waals surface area contributed by atoms with Crippen LogP contribution in [0.5, 0.6) is 11.5 Å². The largest absolute Gasteiger partial charge is 0.504 e. The van der Waals surface area contributed by atoms with Crippen LogP contribution in [0.1, 0.15) is 47.2 Å².